The first-order valence-corrected chi connectivity index (χ1v) is 6.55. The van der Waals surface area contributed by atoms with Crippen molar-refractivity contribution in [3.63, 3.8) is 0 Å². The Morgan fingerprint density at radius 1 is 1.55 bits per heavy atom. The molecule has 5 heteroatoms. The number of allylic oxidation sites excluding steroid dienone is 1. The number of carbonyl (C=O) groups is 1. The summed E-state index contributed by atoms with van der Waals surface area (Å²) in [5, 5.41) is 4.42. The van der Waals surface area contributed by atoms with E-state index in [0.717, 1.165) is 6.29 Å². The molecule has 0 aliphatic rings. The lowest BCUT2D eigenvalue weighted by Crippen LogP contribution is -2.00. The second-order valence-electron chi connectivity index (χ2n) is 4.56. The van der Waals surface area contributed by atoms with E-state index < -0.39 is 5.82 Å². The summed E-state index contributed by atoms with van der Waals surface area (Å²) in [5.74, 6) is -0.445. The molecule has 0 bridgehead atoms. The fourth-order valence-corrected chi connectivity index (χ4v) is 2.11. The van der Waals surface area contributed by atoms with Gasteiger partial charge in [-0.2, -0.15) is 5.10 Å². The molecule has 1 atom stereocenters. The van der Waals surface area contributed by atoms with Crippen LogP contribution < -0.4 is 0 Å². The van der Waals surface area contributed by atoms with E-state index in [0.29, 0.717) is 23.4 Å². The predicted octanol–water partition coefficient (Wildman–Crippen LogP) is 4.16. The molecule has 0 saturated carbocycles. The highest BCUT2D eigenvalue weighted by molar-refractivity contribution is 6.30. The molecule has 0 radical (unpaired) electrons. The number of halogens is 2. The average molecular weight is 293 g/mol. The number of aldehydes is 1. The summed E-state index contributed by atoms with van der Waals surface area (Å²) in [6.07, 6.45) is 4.84. The molecule has 1 heterocycles. The molecule has 0 spiro atoms. The summed E-state index contributed by atoms with van der Waals surface area (Å²) in [7, 11) is 0. The lowest BCUT2D eigenvalue weighted by molar-refractivity contribution is 0.112. The molecular weight excluding hydrogens is 279 g/mol. The molecule has 0 aliphatic carbocycles. The minimum absolute atomic E-state index is 0.0526. The van der Waals surface area contributed by atoms with E-state index in [1.165, 1.54) is 16.8 Å². The van der Waals surface area contributed by atoms with E-state index in [4.69, 9.17) is 11.6 Å². The van der Waals surface area contributed by atoms with E-state index in [-0.39, 0.29) is 10.9 Å². The Balaban J connectivity index is 2.45. The van der Waals surface area contributed by atoms with Crippen LogP contribution in [0.1, 0.15) is 35.3 Å². The zero-order valence-corrected chi connectivity index (χ0v) is 11.8. The van der Waals surface area contributed by atoms with E-state index >= 15 is 0 Å². The third kappa shape index (κ3) is 2.80. The van der Waals surface area contributed by atoms with Crippen LogP contribution in [0, 0.1) is 5.82 Å². The first kappa shape index (κ1) is 14.5. The smallest absolute Gasteiger partial charge is 0.153 e. The van der Waals surface area contributed by atoms with Gasteiger partial charge in [0.15, 0.2) is 6.29 Å². The molecule has 0 saturated heterocycles. The molecule has 0 N–H and O–H groups in total. The third-order valence-electron chi connectivity index (χ3n) is 3.05. The van der Waals surface area contributed by atoms with Crippen molar-refractivity contribution < 1.29 is 9.18 Å². The SMILES string of the molecule is C=CCC(C)c1nn(-c2ccc(Cl)c(F)c2)cc1C=O. The molecule has 1 unspecified atom stereocenters. The zero-order valence-electron chi connectivity index (χ0n) is 11.0. The van der Waals surface area contributed by atoms with Gasteiger partial charge in [-0.3, -0.25) is 4.79 Å². The number of aromatic nitrogens is 2. The van der Waals surface area contributed by atoms with E-state index in [1.807, 2.05) is 6.92 Å². The standard InChI is InChI=1S/C15H14ClFN2O/c1-3-4-10(2)15-11(9-20)8-19(18-15)12-5-6-13(16)14(17)7-12/h3,5-10H,1,4H2,2H3. The van der Waals surface area contributed by atoms with Crippen molar-refractivity contribution in [2.75, 3.05) is 0 Å². The van der Waals surface area contributed by atoms with E-state index in [2.05, 4.69) is 11.7 Å². The largest absolute Gasteiger partial charge is 0.298 e. The second-order valence-corrected chi connectivity index (χ2v) is 4.96. The van der Waals surface area contributed by atoms with Crippen LogP contribution in [0.15, 0.2) is 37.1 Å². The van der Waals surface area contributed by atoms with Gasteiger partial charge in [0.1, 0.15) is 5.82 Å². The Kier molecular flexibility index (Phi) is 4.35. The summed E-state index contributed by atoms with van der Waals surface area (Å²) in [6, 6.07) is 4.39. The molecule has 3 nitrogen and oxygen atoms in total. The van der Waals surface area contributed by atoms with Crippen LogP contribution in [0.5, 0.6) is 0 Å². The molecule has 2 aromatic rings. The summed E-state index contributed by atoms with van der Waals surface area (Å²) >= 11 is 5.65. The van der Waals surface area contributed by atoms with Gasteiger partial charge in [0.2, 0.25) is 0 Å². The zero-order chi connectivity index (χ0) is 14.7. The van der Waals surface area contributed by atoms with Gasteiger partial charge in [0, 0.05) is 18.2 Å². The summed E-state index contributed by atoms with van der Waals surface area (Å²) in [4.78, 5) is 11.1. The maximum Gasteiger partial charge on any atom is 0.153 e. The number of benzene rings is 1. The molecule has 0 amide bonds. The maximum absolute atomic E-state index is 13.5. The molecule has 2 rings (SSSR count). The molecule has 20 heavy (non-hydrogen) atoms. The van der Waals surface area contributed by atoms with Crippen molar-refractivity contribution in [3.05, 3.63) is 59.1 Å². The molecule has 1 aromatic heterocycles. The minimum Gasteiger partial charge on any atom is -0.298 e. The lowest BCUT2D eigenvalue weighted by Gasteiger charge is -2.06. The van der Waals surface area contributed by atoms with Crippen LogP contribution in [0.25, 0.3) is 5.69 Å². The Hall–Kier alpha value is -1.94. The normalized spacial score (nSPS) is 12.2. The van der Waals surface area contributed by atoms with Crippen molar-refractivity contribution >= 4 is 17.9 Å². The lowest BCUT2D eigenvalue weighted by atomic mass is 10.0. The van der Waals surface area contributed by atoms with E-state index in [1.54, 1.807) is 18.3 Å². The highest BCUT2D eigenvalue weighted by Crippen LogP contribution is 2.23. The van der Waals surface area contributed by atoms with Crippen LogP contribution in [0.4, 0.5) is 4.39 Å². The van der Waals surface area contributed by atoms with Crippen molar-refractivity contribution in [1.29, 1.82) is 0 Å². The first-order valence-electron chi connectivity index (χ1n) is 6.18. The number of carbonyl (C=O) groups excluding carboxylic acids is 1. The van der Waals surface area contributed by atoms with Gasteiger partial charge >= 0.3 is 0 Å². The van der Waals surface area contributed by atoms with Crippen LogP contribution >= 0.6 is 11.6 Å². The first-order chi connectivity index (χ1) is 9.56. The van der Waals surface area contributed by atoms with Crippen molar-refractivity contribution in [1.82, 2.24) is 9.78 Å². The number of nitrogens with zero attached hydrogens (tertiary/aromatic N) is 2. The summed E-state index contributed by atoms with van der Waals surface area (Å²) in [6.45, 7) is 5.64. The van der Waals surface area contributed by atoms with Gasteiger partial charge in [-0.15, -0.1) is 6.58 Å². The van der Waals surface area contributed by atoms with Gasteiger partial charge in [-0.25, -0.2) is 9.07 Å². The molecule has 0 aliphatic heterocycles. The van der Waals surface area contributed by atoms with Crippen molar-refractivity contribution in [2.24, 2.45) is 0 Å². The third-order valence-corrected chi connectivity index (χ3v) is 3.36. The minimum atomic E-state index is -0.520. The van der Waals surface area contributed by atoms with Crippen LogP contribution in [-0.4, -0.2) is 16.1 Å². The van der Waals surface area contributed by atoms with Gasteiger partial charge in [-0.1, -0.05) is 24.6 Å². The topological polar surface area (TPSA) is 34.9 Å². The Labute approximate surface area is 121 Å². The van der Waals surface area contributed by atoms with Crippen LogP contribution in [-0.2, 0) is 0 Å². The highest BCUT2D eigenvalue weighted by Gasteiger charge is 2.15. The molecular formula is C15H14ClFN2O. The Morgan fingerprint density at radius 3 is 2.90 bits per heavy atom. The Morgan fingerprint density at radius 2 is 2.30 bits per heavy atom. The van der Waals surface area contributed by atoms with Gasteiger partial charge in [0.25, 0.3) is 0 Å². The number of hydrogen-bond donors (Lipinski definition) is 0. The monoisotopic (exact) mass is 292 g/mol. The van der Waals surface area contributed by atoms with E-state index in [9.17, 15) is 9.18 Å². The molecule has 104 valence electrons. The number of hydrogen-bond acceptors (Lipinski definition) is 2. The average Bonchev–Trinajstić information content (AvgIpc) is 2.86. The number of rotatable bonds is 5. The highest BCUT2D eigenvalue weighted by atomic mass is 35.5. The molecule has 0 fully saturated rings. The Bertz CT molecular complexity index is 651. The van der Waals surface area contributed by atoms with Gasteiger partial charge in [0.05, 0.1) is 22.0 Å². The van der Waals surface area contributed by atoms with Crippen molar-refractivity contribution in [2.45, 2.75) is 19.3 Å². The van der Waals surface area contributed by atoms with Gasteiger partial charge in [-0.05, 0) is 18.6 Å². The quantitative estimate of drug-likeness (QED) is 0.613. The molecule has 1 aromatic carbocycles. The summed E-state index contributed by atoms with van der Waals surface area (Å²) < 4.78 is 15.0. The predicted molar refractivity (Wildman–Crippen MR) is 77.1 cm³/mol. The second kappa shape index (κ2) is 6.01. The summed E-state index contributed by atoms with van der Waals surface area (Å²) in [5.41, 5.74) is 1.69. The van der Waals surface area contributed by atoms with Crippen LogP contribution in [0.3, 0.4) is 0 Å². The van der Waals surface area contributed by atoms with Crippen molar-refractivity contribution in [3.8, 4) is 5.69 Å². The van der Waals surface area contributed by atoms with Crippen LogP contribution in [0.2, 0.25) is 5.02 Å². The fourth-order valence-electron chi connectivity index (χ4n) is 2.00. The fraction of sp³-hybridized carbons (Fsp3) is 0.200. The maximum atomic E-state index is 13.5. The van der Waals surface area contributed by atoms with Gasteiger partial charge < -0.3 is 0 Å².